The van der Waals surface area contributed by atoms with Crippen molar-refractivity contribution in [2.24, 2.45) is 5.10 Å². The Morgan fingerprint density at radius 2 is 1.56 bits per heavy atom. The third-order valence-electron chi connectivity index (χ3n) is 5.53. The first-order valence-corrected chi connectivity index (χ1v) is 12.6. The van der Waals surface area contributed by atoms with Gasteiger partial charge in [0, 0.05) is 10.0 Å². The van der Waals surface area contributed by atoms with E-state index in [2.05, 4.69) is 26.5 Å². The van der Waals surface area contributed by atoms with Crippen molar-refractivity contribution in [1.29, 1.82) is 0 Å². The minimum atomic E-state index is -0.579. The molecule has 0 saturated heterocycles. The standard InChI is InChI=1S/C30H25BrN2O6/c1-36-26-6-4-3-5-25(26)30(35)39-27-16-9-21(17-28(27)37-2)18-32-33-29(34)22-10-14-24(15-11-22)38-19-20-7-12-23(31)13-8-20/h3-18H,19H2,1-2H3,(H,33,34)/b32-18+. The van der Waals surface area contributed by atoms with Crippen LogP contribution < -0.4 is 24.4 Å². The van der Waals surface area contributed by atoms with E-state index in [4.69, 9.17) is 18.9 Å². The minimum Gasteiger partial charge on any atom is -0.496 e. The molecule has 198 valence electrons. The topological polar surface area (TPSA) is 95.5 Å². The average Bonchev–Trinajstić information content (AvgIpc) is 2.97. The molecule has 4 aromatic carbocycles. The first kappa shape index (κ1) is 27.4. The fourth-order valence-electron chi connectivity index (χ4n) is 3.50. The van der Waals surface area contributed by atoms with Gasteiger partial charge < -0.3 is 18.9 Å². The molecule has 0 atom stereocenters. The number of hydrogen-bond acceptors (Lipinski definition) is 7. The van der Waals surface area contributed by atoms with Crippen LogP contribution in [0, 0.1) is 0 Å². The molecule has 0 aromatic heterocycles. The van der Waals surface area contributed by atoms with E-state index in [9.17, 15) is 9.59 Å². The Morgan fingerprint density at radius 1 is 0.846 bits per heavy atom. The molecule has 0 fully saturated rings. The summed E-state index contributed by atoms with van der Waals surface area (Å²) in [5.74, 6) is 0.661. The van der Waals surface area contributed by atoms with Crippen molar-refractivity contribution in [2.45, 2.75) is 6.61 Å². The highest BCUT2D eigenvalue weighted by Crippen LogP contribution is 2.29. The van der Waals surface area contributed by atoms with Crippen molar-refractivity contribution in [3.05, 3.63) is 118 Å². The van der Waals surface area contributed by atoms with Crippen molar-refractivity contribution >= 4 is 34.0 Å². The largest absolute Gasteiger partial charge is 0.496 e. The molecule has 9 heteroatoms. The number of para-hydroxylation sites is 1. The number of nitrogens with zero attached hydrogens (tertiary/aromatic N) is 1. The number of esters is 1. The van der Waals surface area contributed by atoms with Gasteiger partial charge in [-0.05, 0) is 77.9 Å². The predicted octanol–water partition coefficient (Wildman–Crippen LogP) is 6.03. The summed E-state index contributed by atoms with van der Waals surface area (Å²) in [7, 11) is 2.94. The van der Waals surface area contributed by atoms with Gasteiger partial charge in [-0.15, -0.1) is 0 Å². The molecule has 0 aliphatic carbocycles. The molecule has 0 heterocycles. The van der Waals surface area contributed by atoms with E-state index in [-0.39, 0.29) is 11.7 Å². The quantitative estimate of drug-likeness (QED) is 0.105. The van der Waals surface area contributed by atoms with Crippen LogP contribution in [-0.4, -0.2) is 32.3 Å². The zero-order valence-corrected chi connectivity index (χ0v) is 22.8. The van der Waals surface area contributed by atoms with Crippen LogP contribution in [0.3, 0.4) is 0 Å². The van der Waals surface area contributed by atoms with Crippen LogP contribution in [-0.2, 0) is 6.61 Å². The summed E-state index contributed by atoms with van der Waals surface area (Å²) < 4.78 is 22.9. The van der Waals surface area contributed by atoms with Crippen LogP contribution in [0.25, 0.3) is 0 Å². The number of hydrazone groups is 1. The summed E-state index contributed by atoms with van der Waals surface area (Å²) in [4.78, 5) is 25.1. The molecule has 0 bridgehead atoms. The molecule has 39 heavy (non-hydrogen) atoms. The number of carbonyl (C=O) groups is 2. The van der Waals surface area contributed by atoms with Crippen LogP contribution in [0.5, 0.6) is 23.0 Å². The van der Waals surface area contributed by atoms with Crippen molar-refractivity contribution in [2.75, 3.05) is 14.2 Å². The zero-order chi connectivity index (χ0) is 27.6. The van der Waals surface area contributed by atoms with Crippen LogP contribution in [0.2, 0.25) is 0 Å². The summed E-state index contributed by atoms with van der Waals surface area (Å²) in [6.45, 7) is 0.422. The lowest BCUT2D eigenvalue weighted by molar-refractivity contribution is 0.0726. The van der Waals surface area contributed by atoms with Gasteiger partial charge in [0.15, 0.2) is 11.5 Å². The molecule has 0 saturated carbocycles. The number of hydrogen-bond donors (Lipinski definition) is 1. The summed E-state index contributed by atoms with van der Waals surface area (Å²) in [6.07, 6.45) is 1.46. The summed E-state index contributed by atoms with van der Waals surface area (Å²) in [5.41, 5.74) is 4.88. The van der Waals surface area contributed by atoms with Crippen molar-refractivity contribution in [3.8, 4) is 23.0 Å². The second-order valence-electron chi connectivity index (χ2n) is 8.14. The molecule has 0 spiro atoms. The lowest BCUT2D eigenvalue weighted by Gasteiger charge is -2.11. The van der Waals surface area contributed by atoms with E-state index in [1.54, 1.807) is 66.7 Å². The fourth-order valence-corrected chi connectivity index (χ4v) is 3.76. The van der Waals surface area contributed by atoms with E-state index in [0.717, 1.165) is 10.0 Å². The monoisotopic (exact) mass is 588 g/mol. The summed E-state index contributed by atoms with van der Waals surface area (Å²) >= 11 is 3.41. The first-order valence-electron chi connectivity index (χ1n) is 11.8. The van der Waals surface area contributed by atoms with E-state index in [0.29, 0.717) is 40.5 Å². The number of nitrogens with one attached hydrogen (secondary N) is 1. The first-order chi connectivity index (χ1) is 19.0. The van der Waals surface area contributed by atoms with Gasteiger partial charge in [-0.3, -0.25) is 4.79 Å². The van der Waals surface area contributed by atoms with Gasteiger partial charge in [-0.2, -0.15) is 5.10 Å². The minimum absolute atomic E-state index is 0.233. The molecule has 8 nitrogen and oxygen atoms in total. The number of ether oxygens (including phenoxy) is 4. The Morgan fingerprint density at radius 3 is 2.28 bits per heavy atom. The molecule has 0 aliphatic heterocycles. The molecule has 0 aliphatic rings. The SMILES string of the molecule is COc1cc(/C=N/NC(=O)c2ccc(OCc3ccc(Br)cc3)cc2)ccc1OC(=O)c1ccccc1OC. The van der Waals surface area contributed by atoms with Gasteiger partial charge in [0.05, 0.1) is 20.4 Å². The van der Waals surface area contributed by atoms with E-state index in [1.165, 1.54) is 20.4 Å². The number of amides is 1. The number of methoxy groups -OCH3 is 2. The number of rotatable bonds is 10. The Hall–Kier alpha value is -4.63. The summed E-state index contributed by atoms with van der Waals surface area (Å²) in [5, 5.41) is 4.02. The van der Waals surface area contributed by atoms with Crippen LogP contribution in [0.4, 0.5) is 0 Å². The maximum Gasteiger partial charge on any atom is 0.347 e. The second-order valence-corrected chi connectivity index (χ2v) is 9.05. The maximum atomic E-state index is 12.6. The molecular weight excluding hydrogens is 564 g/mol. The molecule has 4 rings (SSSR count). The molecular formula is C30H25BrN2O6. The highest BCUT2D eigenvalue weighted by molar-refractivity contribution is 9.10. The molecule has 0 unspecified atom stereocenters. The number of carbonyl (C=O) groups excluding carboxylic acids is 2. The molecule has 0 radical (unpaired) electrons. The van der Waals surface area contributed by atoms with Gasteiger partial charge in [0.25, 0.3) is 5.91 Å². The zero-order valence-electron chi connectivity index (χ0n) is 21.2. The van der Waals surface area contributed by atoms with Crippen LogP contribution >= 0.6 is 15.9 Å². The predicted molar refractivity (Wildman–Crippen MR) is 151 cm³/mol. The smallest absolute Gasteiger partial charge is 0.347 e. The number of halogens is 1. The lowest BCUT2D eigenvalue weighted by atomic mass is 10.2. The molecule has 4 aromatic rings. The highest BCUT2D eigenvalue weighted by Gasteiger charge is 2.16. The fraction of sp³-hybridized carbons (Fsp3) is 0.100. The third kappa shape index (κ3) is 7.45. The van der Waals surface area contributed by atoms with Crippen molar-refractivity contribution < 1.29 is 28.5 Å². The Labute approximate surface area is 234 Å². The Bertz CT molecular complexity index is 1470. The van der Waals surface area contributed by atoms with E-state index < -0.39 is 5.97 Å². The Balaban J connectivity index is 1.33. The van der Waals surface area contributed by atoms with E-state index >= 15 is 0 Å². The van der Waals surface area contributed by atoms with Gasteiger partial charge >= 0.3 is 5.97 Å². The van der Waals surface area contributed by atoms with E-state index in [1.807, 2.05) is 24.3 Å². The Kier molecular flexibility index (Phi) is 9.31. The highest BCUT2D eigenvalue weighted by atomic mass is 79.9. The van der Waals surface area contributed by atoms with Crippen LogP contribution in [0.15, 0.2) is 101 Å². The van der Waals surface area contributed by atoms with Gasteiger partial charge in [-0.25, -0.2) is 10.2 Å². The van der Waals surface area contributed by atoms with Crippen LogP contribution in [0.1, 0.15) is 31.8 Å². The summed E-state index contributed by atoms with van der Waals surface area (Å²) in [6, 6.07) is 26.3. The van der Waals surface area contributed by atoms with Crippen molar-refractivity contribution in [1.82, 2.24) is 5.43 Å². The second kappa shape index (κ2) is 13.3. The van der Waals surface area contributed by atoms with Gasteiger partial charge in [-0.1, -0.05) is 40.2 Å². The van der Waals surface area contributed by atoms with Gasteiger partial charge in [0.1, 0.15) is 23.7 Å². The maximum absolute atomic E-state index is 12.6. The average molecular weight is 589 g/mol. The van der Waals surface area contributed by atoms with Crippen molar-refractivity contribution in [3.63, 3.8) is 0 Å². The lowest BCUT2D eigenvalue weighted by Crippen LogP contribution is -2.17. The number of benzene rings is 4. The molecule has 1 amide bonds. The van der Waals surface area contributed by atoms with Gasteiger partial charge in [0.2, 0.25) is 0 Å². The normalized spacial score (nSPS) is 10.6. The molecule has 1 N–H and O–H groups in total. The third-order valence-corrected chi connectivity index (χ3v) is 6.06.